The van der Waals surface area contributed by atoms with Gasteiger partial charge in [0.15, 0.2) is 0 Å². The van der Waals surface area contributed by atoms with Crippen LogP contribution < -0.4 is 5.73 Å². The number of likely N-dealkylation sites (tertiary alicyclic amines) is 1. The molecule has 32 heavy (non-hydrogen) atoms. The van der Waals surface area contributed by atoms with Crippen LogP contribution in [0, 0.1) is 0 Å². The SMILES string of the molecule is C1CCC(N2CCCCC2)CC1.Nc1ncc2c(-c3ccc4ncccc4n3)ccn2n1. The average Bonchev–Trinajstić information content (AvgIpc) is 3.28. The lowest BCUT2D eigenvalue weighted by Gasteiger charge is -2.36. The summed E-state index contributed by atoms with van der Waals surface area (Å²) in [6.07, 6.45) is 17.1. The van der Waals surface area contributed by atoms with Crippen molar-refractivity contribution in [2.24, 2.45) is 0 Å². The standard InChI is InChI=1S/C14H10N6.C11H21N/c15-14-17-8-13-9(5-7-20(13)19-14)10-3-4-11-12(18-10)2-1-6-16-11;1-3-7-11(8-4-1)12-9-5-2-6-10-12/h1-8H,(H2,15,19);11H,1-10H2. The molecule has 0 aromatic carbocycles. The van der Waals surface area contributed by atoms with E-state index in [4.69, 9.17) is 5.73 Å². The molecule has 166 valence electrons. The molecule has 5 heterocycles. The van der Waals surface area contributed by atoms with Gasteiger partial charge >= 0.3 is 0 Å². The quantitative estimate of drug-likeness (QED) is 0.496. The summed E-state index contributed by atoms with van der Waals surface area (Å²) < 4.78 is 1.70. The van der Waals surface area contributed by atoms with Gasteiger partial charge in [-0.1, -0.05) is 25.7 Å². The minimum absolute atomic E-state index is 0.246. The smallest absolute Gasteiger partial charge is 0.238 e. The number of rotatable bonds is 2. The van der Waals surface area contributed by atoms with Crippen LogP contribution in [-0.2, 0) is 0 Å². The van der Waals surface area contributed by atoms with Crippen molar-refractivity contribution in [3.8, 4) is 11.3 Å². The zero-order valence-corrected chi connectivity index (χ0v) is 18.5. The van der Waals surface area contributed by atoms with Crippen LogP contribution in [0.25, 0.3) is 27.8 Å². The molecular weight excluding hydrogens is 398 g/mol. The van der Waals surface area contributed by atoms with Gasteiger partial charge in [0.25, 0.3) is 0 Å². The maximum Gasteiger partial charge on any atom is 0.238 e. The van der Waals surface area contributed by atoms with E-state index >= 15 is 0 Å². The Hall–Kier alpha value is -3.06. The van der Waals surface area contributed by atoms with Crippen molar-refractivity contribution in [1.29, 1.82) is 0 Å². The molecule has 4 aromatic heterocycles. The lowest BCUT2D eigenvalue weighted by Crippen LogP contribution is -2.40. The van der Waals surface area contributed by atoms with Gasteiger partial charge in [-0.05, 0) is 69.1 Å². The maximum absolute atomic E-state index is 5.58. The van der Waals surface area contributed by atoms with E-state index in [0.717, 1.165) is 33.8 Å². The molecule has 2 aliphatic rings. The van der Waals surface area contributed by atoms with Crippen molar-refractivity contribution in [3.63, 3.8) is 0 Å². The highest BCUT2D eigenvalue weighted by atomic mass is 15.3. The predicted octanol–water partition coefficient (Wildman–Crippen LogP) is 4.73. The van der Waals surface area contributed by atoms with E-state index in [1.807, 2.05) is 36.5 Å². The molecule has 1 saturated carbocycles. The molecule has 7 heteroatoms. The molecule has 0 spiro atoms. The number of anilines is 1. The maximum atomic E-state index is 5.58. The summed E-state index contributed by atoms with van der Waals surface area (Å²) in [4.78, 5) is 15.7. The number of nitrogens with two attached hydrogens (primary N) is 1. The van der Waals surface area contributed by atoms with Crippen LogP contribution in [-0.4, -0.2) is 48.6 Å². The van der Waals surface area contributed by atoms with E-state index in [1.54, 1.807) is 16.9 Å². The Kier molecular flexibility index (Phi) is 6.25. The van der Waals surface area contributed by atoms with Crippen molar-refractivity contribution in [1.82, 2.24) is 29.5 Å². The molecule has 0 unspecified atom stereocenters. The summed E-state index contributed by atoms with van der Waals surface area (Å²) in [5.41, 5.74) is 10.0. The van der Waals surface area contributed by atoms with E-state index < -0.39 is 0 Å². The third-order valence-corrected chi connectivity index (χ3v) is 6.65. The molecule has 0 atom stereocenters. The van der Waals surface area contributed by atoms with Gasteiger partial charge in [-0.15, -0.1) is 5.10 Å². The highest BCUT2D eigenvalue weighted by Gasteiger charge is 2.21. The number of pyridine rings is 2. The van der Waals surface area contributed by atoms with Crippen molar-refractivity contribution in [2.45, 2.75) is 57.4 Å². The minimum atomic E-state index is 0.246. The predicted molar refractivity (Wildman–Crippen MR) is 128 cm³/mol. The van der Waals surface area contributed by atoms with E-state index in [9.17, 15) is 0 Å². The summed E-state index contributed by atoms with van der Waals surface area (Å²) in [7, 11) is 0. The van der Waals surface area contributed by atoms with Crippen molar-refractivity contribution in [3.05, 3.63) is 48.9 Å². The zero-order valence-electron chi connectivity index (χ0n) is 18.5. The van der Waals surface area contributed by atoms with Crippen LogP contribution in [0.15, 0.2) is 48.9 Å². The van der Waals surface area contributed by atoms with Crippen molar-refractivity contribution >= 4 is 22.5 Å². The van der Waals surface area contributed by atoms with E-state index in [0.29, 0.717) is 0 Å². The molecule has 1 aliphatic heterocycles. The first kappa shape index (κ1) is 20.8. The second kappa shape index (κ2) is 9.61. The van der Waals surface area contributed by atoms with E-state index in [-0.39, 0.29) is 5.95 Å². The Bertz CT molecular complexity index is 1160. The van der Waals surface area contributed by atoms with Gasteiger partial charge in [-0.25, -0.2) is 14.5 Å². The van der Waals surface area contributed by atoms with E-state index in [2.05, 4.69) is 25.0 Å². The number of piperidine rings is 1. The monoisotopic (exact) mass is 429 g/mol. The number of hydrogen-bond donors (Lipinski definition) is 1. The Morgan fingerprint density at radius 1 is 0.844 bits per heavy atom. The van der Waals surface area contributed by atoms with Crippen LogP contribution in [0.4, 0.5) is 5.95 Å². The molecule has 1 aliphatic carbocycles. The van der Waals surface area contributed by atoms with Gasteiger partial charge in [0.05, 0.1) is 28.4 Å². The number of aromatic nitrogens is 5. The largest absolute Gasteiger partial charge is 0.367 e. The number of fused-ring (bicyclic) bond motifs is 2. The first-order chi connectivity index (χ1) is 15.8. The topological polar surface area (TPSA) is 85.2 Å². The summed E-state index contributed by atoms with van der Waals surface area (Å²) in [6, 6.07) is 10.6. The summed E-state index contributed by atoms with van der Waals surface area (Å²) in [5, 5.41) is 4.13. The Morgan fingerprint density at radius 3 is 2.50 bits per heavy atom. The fourth-order valence-corrected chi connectivity index (χ4v) is 4.97. The summed E-state index contributed by atoms with van der Waals surface area (Å²) >= 11 is 0. The molecule has 2 N–H and O–H groups in total. The fourth-order valence-electron chi connectivity index (χ4n) is 4.97. The van der Waals surface area contributed by atoms with Crippen LogP contribution >= 0.6 is 0 Å². The average molecular weight is 430 g/mol. The van der Waals surface area contributed by atoms with Crippen molar-refractivity contribution in [2.75, 3.05) is 18.8 Å². The summed E-state index contributed by atoms with van der Waals surface area (Å²) in [6.45, 7) is 2.79. The highest BCUT2D eigenvalue weighted by molar-refractivity contribution is 5.83. The third-order valence-electron chi connectivity index (χ3n) is 6.65. The van der Waals surface area contributed by atoms with Gasteiger partial charge < -0.3 is 10.6 Å². The molecule has 0 amide bonds. The highest BCUT2D eigenvalue weighted by Crippen LogP contribution is 2.26. The first-order valence-corrected chi connectivity index (χ1v) is 11.8. The first-order valence-electron chi connectivity index (χ1n) is 11.8. The molecule has 6 rings (SSSR count). The number of nitrogen functional groups attached to an aromatic ring is 1. The number of nitrogens with zero attached hydrogens (tertiary/aromatic N) is 6. The van der Waals surface area contributed by atoms with Crippen molar-refractivity contribution < 1.29 is 0 Å². The van der Waals surface area contributed by atoms with Gasteiger partial charge in [-0.2, -0.15) is 0 Å². The van der Waals surface area contributed by atoms with Gasteiger partial charge in [0, 0.05) is 24.0 Å². The number of hydrogen-bond acceptors (Lipinski definition) is 6. The third kappa shape index (κ3) is 4.58. The second-order valence-corrected chi connectivity index (χ2v) is 8.80. The zero-order chi connectivity index (χ0) is 21.8. The van der Waals surface area contributed by atoms with Crippen LogP contribution in [0.3, 0.4) is 0 Å². The second-order valence-electron chi connectivity index (χ2n) is 8.80. The van der Waals surface area contributed by atoms with Crippen LogP contribution in [0.2, 0.25) is 0 Å². The van der Waals surface area contributed by atoms with E-state index in [1.165, 1.54) is 64.5 Å². The molecule has 7 nitrogen and oxygen atoms in total. The normalized spacial score (nSPS) is 17.9. The van der Waals surface area contributed by atoms with Gasteiger partial charge in [0.1, 0.15) is 0 Å². The molecule has 2 fully saturated rings. The molecule has 0 bridgehead atoms. The molecule has 0 radical (unpaired) electrons. The molecule has 4 aromatic rings. The minimum Gasteiger partial charge on any atom is -0.367 e. The van der Waals surface area contributed by atoms with Crippen LogP contribution in [0.5, 0.6) is 0 Å². The molecular formula is C25H31N7. The van der Waals surface area contributed by atoms with Crippen LogP contribution in [0.1, 0.15) is 51.4 Å². The van der Waals surface area contributed by atoms with Gasteiger partial charge in [0.2, 0.25) is 5.95 Å². The lowest BCUT2D eigenvalue weighted by molar-refractivity contribution is 0.131. The Balaban J connectivity index is 0.000000154. The Labute approximate surface area is 188 Å². The van der Waals surface area contributed by atoms with Gasteiger partial charge in [-0.3, -0.25) is 4.98 Å². The summed E-state index contributed by atoms with van der Waals surface area (Å²) in [5.74, 6) is 0.246. The molecule has 1 saturated heterocycles. The lowest BCUT2D eigenvalue weighted by atomic mass is 9.93. The fraction of sp³-hybridized carbons (Fsp3) is 0.440. The Morgan fingerprint density at radius 2 is 1.66 bits per heavy atom.